The second-order valence-corrected chi connectivity index (χ2v) is 5.90. The van der Waals surface area contributed by atoms with Crippen molar-refractivity contribution in [3.8, 4) is 0 Å². The molecule has 0 aliphatic carbocycles. The Balaban J connectivity index is 1.54. The molecule has 1 aliphatic heterocycles. The SMILES string of the molecule is Cn1cc(CN2CCOC(c3nc4nc(N)nc(N)c4[nH]3)C2)cn1. The van der Waals surface area contributed by atoms with Crippen molar-refractivity contribution in [2.45, 2.75) is 12.6 Å². The van der Waals surface area contributed by atoms with Gasteiger partial charge in [0, 0.05) is 38.4 Å². The number of anilines is 2. The third-order valence-corrected chi connectivity index (χ3v) is 4.03. The first-order valence-corrected chi connectivity index (χ1v) is 7.68. The van der Waals surface area contributed by atoms with Crippen LogP contribution >= 0.6 is 0 Å². The maximum atomic E-state index is 5.87. The van der Waals surface area contributed by atoms with Gasteiger partial charge in [-0.3, -0.25) is 9.58 Å². The van der Waals surface area contributed by atoms with Crippen molar-refractivity contribution in [1.82, 2.24) is 34.6 Å². The second kappa shape index (κ2) is 5.73. The largest absolute Gasteiger partial charge is 0.382 e. The van der Waals surface area contributed by atoms with Crippen LogP contribution in [-0.4, -0.2) is 54.3 Å². The lowest BCUT2D eigenvalue weighted by Gasteiger charge is -2.31. The Hall–Kier alpha value is -2.72. The molecule has 1 unspecified atom stereocenters. The lowest BCUT2D eigenvalue weighted by molar-refractivity contribution is -0.0367. The van der Waals surface area contributed by atoms with Crippen LogP contribution in [0.4, 0.5) is 11.8 Å². The van der Waals surface area contributed by atoms with Crippen molar-refractivity contribution in [1.29, 1.82) is 0 Å². The molecule has 126 valence electrons. The van der Waals surface area contributed by atoms with E-state index in [2.05, 4.69) is 29.9 Å². The zero-order valence-corrected chi connectivity index (χ0v) is 13.3. The number of aromatic amines is 1. The monoisotopic (exact) mass is 329 g/mol. The van der Waals surface area contributed by atoms with Gasteiger partial charge in [-0.1, -0.05) is 0 Å². The highest BCUT2D eigenvalue weighted by molar-refractivity contribution is 5.82. The Morgan fingerprint density at radius 1 is 1.33 bits per heavy atom. The summed E-state index contributed by atoms with van der Waals surface area (Å²) in [5.41, 5.74) is 13.7. The van der Waals surface area contributed by atoms with E-state index in [1.807, 2.05) is 19.4 Å². The van der Waals surface area contributed by atoms with Gasteiger partial charge in [0.15, 0.2) is 11.5 Å². The molecule has 1 aliphatic rings. The molecule has 0 bridgehead atoms. The molecule has 0 aromatic carbocycles. The van der Waals surface area contributed by atoms with Gasteiger partial charge in [0.05, 0.1) is 12.8 Å². The molecule has 10 nitrogen and oxygen atoms in total. The van der Waals surface area contributed by atoms with Crippen LogP contribution < -0.4 is 11.5 Å². The van der Waals surface area contributed by atoms with Gasteiger partial charge in [-0.2, -0.15) is 15.1 Å². The normalized spacial score (nSPS) is 19.1. The maximum absolute atomic E-state index is 5.87. The molecular weight excluding hydrogens is 310 g/mol. The zero-order chi connectivity index (χ0) is 16.7. The van der Waals surface area contributed by atoms with Crippen molar-refractivity contribution in [2.24, 2.45) is 7.05 Å². The first-order valence-electron chi connectivity index (χ1n) is 7.68. The van der Waals surface area contributed by atoms with Gasteiger partial charge in [-0.05, 0) is 0 Å². The summed E-state index contributed by atoms with van der Waals surface area (Å²) in [6.07, 6.45) is 3.72. The Bertz CT molecular complexity index is 870. The highest BCUT2D eigenvalue weighted by atomic mass is 16.5. The third kappa shape index (κ3) is 2.76. The molecule has 0 saturated carbocycles. The van der Waals surface area contributed by atoms with Crippen molar-refractivity contribution in [3.63, 3.8) is 0 Å². The predicted molar refractivity (Wildman–Crippen MR) is 87.7 cm³/mol. The number of aromatic nitrogens is 6. The number of H-pyrrole nitrogens is 1. The Kier molecular flexibility index (Phi) is 3.54. The maximum Gasteiger partial charge on any atom is 0.224 e. The fourth-order valence-electron chi connectivity index (χ4n) is 2.93. The number of nitrogen functional groups attached to an aromatic ring is 2. The van der Waals surface area contributed by atoms with E-state index >= 15 is 0 Å². The van der Waals surface area contributed by atoms with Gasteiger partial charge in [0.2, 0.25) is 5.95 Å². The molecule has 5 N–H and O–H groups in total. The molecule has 3 aromatic rings. The van der Waals surface area contributed by atoms with Gasteiger partial charge in [0.1, 0.15) is 17.4 Å². The molecule has 4 rings (SSSR count). The minimum Gasteiger partial charge on any atom is -0.382 e. The van der Waals surface area contributed by atoms with Crippen LogP contribution in [0.1, 0.15) is 17.5 Å². The van der Waals surface area contributed by atoms with Crippen molar-refractivity contribution in [3.05, 3.63) is 23.8 Å². The van der Waals surface area contributed by atoms with Crippen molar-refractivity contribution >= 4 is 22.9 Å². The average molecular weight is 329 g/mol. The number of nitrogens with zero attached hydrogens (tertiary/aromatic N) is 6. The summed E-state index contributed by atoms with van der Waals surface area (Å²) in [6.45, 7) is 3.03. The van der Waals surface area contributed by atoms with E-state index in [9.17, 15) is 0 Å². The first-order chi connectivity index (χ1) is 11.6. The summed E-state index contributed by atoms with van der Waals surface area (Å²) in [7, 11) is 1.91. The van der Waals surface area contributed by atoms with Crippen LogP contribution in [0.3, 0.4) is 0 Å². The lowest BCUT2D eigenvalue weighted by Crippen LogP contribution is -2.38. The summed E-state index contributed by atoms with van der Waals surface area (Å²) in [5.74, 6) is 1.09. The molecule has 3 aromatic heterocycles. The van der Waals surface area contributed by atoms with E-state index in [0.29, 0.717) is 29.4 Å². The van der Waals surface area contributed by atoms with E-state index < -0.39 is 0 Å². The minimum atomic E-state index is -0.176. The number of imidazole rings is 1. The molecule has 1 fully saturated rings. The molecule has 4 heterocycles. The fourth-order valence-corrected chi connectivity index (χ4v) is 2.93. The second-order valence-electron chi connectivity index (χ2n) is 5.90. The Morgan fingerprint density at radius 3 is 3.00 bits per heavy atom. The smallest absolute Gasteiger partial charge is 0.224 e. The number of nitrogens with two attached hydrogens (primary N) is 2. The zero-order valence-electron chi connectivity index (χ0n) is 13.3. The van der Waals surface area contributed by atoms with Crippen LogP contribution in [0.5, 0.6) is 0 Å². The summed E-state index contributed by atoms with van der Waals surface area (Å²) >= 11 is 0. The van der Waals surface area contributed by atoms with Gasteiger partial charge in [-0.25, -0.2) is 4.98 Å². The van der Waals surface area contributed by atoms with Gasteiger partial charge in [0.25, 0.3) is 0 Å². The topological polar surface area (TPSA) is 137 Å². The molecule has 1 saturated heterocycles. The van der Waals surface area contributed by atoms with Crippen LogP contribution in [0, 0.1) is 0 Å². The number of nitrogens with one attached hydrogen (secondary N) is 1. The quantitative estimate of drug-likeness (QED) is 0.602. The van der Waals surface area contributed by atoms with Crippen LogP contribution in [0.15, 0.2) is 12.4 Å². The molecule has 10 heteroatoms. The lowest BCUT2D eigenvalue weighted by atomic mass is 10.2. The summed E-state index contributed by atoms with van der Waals surface area (Å²) in [4.78, 5) is 18.0. The van der Waals surface area contributed by atoms with E-state index in [1.165, 1.54) is 5.56 Å². The standard InChI is InChI=1S/C14H19N9O/c1-22-5-8(4-17-22)6-23-2-3-24-9(7-23)12-18-10-11(15)19-14(16)21-13(10)20-12/h4-5,9H,2-3,6-7H2,1H3,(H5,15,16,18,19,20,21). The summed E-state index contributed by atoms with van der Waals surface area (Å²) < 4.78 is 7.66. The van der Waals surface area contributed by atoms with Gasteiger partial charge < -0.3 is 21.2 Å². The molecule has 0 radical (unpaired) electrons. The highest BCUT2D eigenvalue weighted by Crippen LogP contribution is 2.24. The van der Waals surface area contributed by atoms with E-state index in [-0.39, 0.29) is 12.1 Å². The number of aryl methyl sites for hydroxylation is 1. The van der Waals surface area contributed by atoms with E-state index in [0.717, 1.165) is 19.6 Å². The van der Waals surface area contributed by atoms with Crippen molar-refractivity contribution < 1.29 is 4.74 Å². The highest BCUT2D eigenvalue weighted by Gasteiger charge is 2.25. The van der Waals surface area contributed by atoms with Crippen LogP contribution in [0.2, 0.25) is 0 Å². The summed E-state index contributed by atoms with van der Waals surface area (Å²) in [6, 6.07) is 0. The average Bonchev–Trinajstić information content (AvgIpc) is 3.14. The number of fused-ring (bicyclic) bond motifs is 1. The summed E-state index contributed by atoms with van der Waals surface area (Å²) in [5, 5.41) is 4.21. The van der Waals surface area contributed by atoms with E-state index in [1.54, 1.807) is 4.68 Å². The number of hydrogen-bond donors (Lipinski definition) is 3. The number of rotatable bonds is 3. The van der Waals surface area contributed by atoms with E-state index in [4.69, 9.17) is 16.2 Å². The van der Waals surface area contributed by atoms with Crippen LogP contribution in [0.25, 0.3) is 11.2 Å². The number of morpholine rings is 1. The molecule has 0 spiro atoms. The number of hydrogen-bond acceptors (Lipinski definition) is 8. The van der Waals surface area contributed by atoms with Gasteiger partial charge >= 0.3 is 0 Å². The first kappa shape index (κ1) is 14.8. The van der Waals surface area contributed by atoms with Crippen molar-refractivity contribution in [2.75, 3.05) is 31.2 Å². The molecule has 24 heavy (non-hydrogen) atoms. The molecule has 0 amide bonds. The Morgan fingerprint density at radius 2 is 2.21 bits per heavy atom. The predicted octanol–water partition coefficient (Wildman–Crippen LogP) is -0.176. The Labute approximate surface area is 137 Å². The van der Waals surface area contributed by atoms with Crippen LogP contribution in [-0.2, 0) is 18.3 Å². The fraction of sp³-hybridized carbons (Fsp3) is 0.429. The number of ether oxygens (including phenoxy) is 1. The molecule has 1 atom stereocenters. The van der Waals surface area contributed by atoms with Gasteiger partial charge in [-0.15, -0.1) is 0 Å². The third-order valence-electron chi connectivity index (χ3n) is 4.03. The molecular formula is C14H19N9O. The minimum absolute atomic E-state index is 0.112.